The molecule has 2 aliphatic heterocycles. The number of sulfonamides is 1. The first-order valence-corrected chi connectivity index (χ1v) is 11.8. The average molecular weight is 460 g/mol. The molecule has 0 unspecified atom stereocenters. The molecule has 9 nitrogen and oxygen atoms in total. The van der Waals surface area contributed by atoms with Crippen LogP contribution in [-0.4, -0.2) is 50.8 Å². The van der Waals surface area contributed by atoms with Crippen LogP contribution >= 0.6 is 0 Å². The molecular formula is C22H25N3O6S. The van der Waals surface area contributed by atoms with Gasteiger partial charge in [-0.15, -0.1) is 0 Å². The number of hydrogen-bond acceptors (Lipinski definition) is 6. The summed E-state index contributed by atoms with van der Waals surface area (Å²) >= 11 is 0. The van der Waals surface area contributed by atoms with Crippen LogP contribution in [0.25, 0.3) is 0 Å². The highest BCUT2D eigenvalue weighted by molar-refractivity contribution is 7.89. The second-order valence-corrected chi connectivity index (χ2v) is 9.77. The summed E-state index contributed by atoms with van der Waals surface area (Å²) in [5.41, 5.74) is 0.940. The van der Waals surface area contributed by atoms with Gasteiger partial charge >= 0.3 is 0 Å². The van der Waals surface area contributed by atoms with Crippen LogP contribution < -0.4 is 20.1 Å². The molecule has 2 N–H and O–H groups in total. The Kier molecular flexibility index (Phi) is 6.07. The number of rotatable bonds is 5. The van der Waals surface area contributed by atoms with Crippen LogP contribution in [0.5, 0.6) is 11.5 Å². The summed E-state index contributed by atoms with van der Waals surface area (Å²) in [7, 11) is -2.28. The summed E-state index contributed by atoms with van der Waals surface area (Å²) in [6.45, 7) is 2.03. The monoisotopic (exact) mass is 459 g/mol. The molecule has 2 aromatic rings. The van der Waals surface area contributed by atoms with E-state index in [-0.39, 0.29) is 23.3 Å². The van der Waals surface area contributed by atoms with Crippen LogP contribution in [0.2, 0.25) is 0 Å². The Hall–Kier alpha value is -3.11. The molecule has 1 fully saturated rings. The number of nitrogens with one attached hydrogen (secondary N) is 2. The van der Waals surface area contributed by atoms with E-state index < -0.39 is 22.0 Å². The quantitative estimate of drug-likeness (QED) is 0.710. The Bertz CT molecular complexity index is 1130. The molecule has 0 radical (unpaired) electrons. The number of ether oxygens (including phenoxy) is 2. The van der Waals surface area contributed by atoms with E-state index in [9.17, 15) is 18.0 Å². The lowest BCUT2D eigenvalue weighted by atomic mass is 9.99. The predicted octanol–water partition coefficient (Wildman–Crippen LogP) is 2.45. The summed E-state index contributed by atoms with van der Waals surface area (Å²) in [6, 6.07) is 11.3. The average Bonchev–Trinajstić information content (AvgIpc) is 2.80. The largest absolute Gasteiger partial charge is 0.497 e. The van der Waals surface area contributed by atoms with E-state index in [1.165, 1.54) is 22.5 Å². The number of methoxy groups -OCH3 is 1. The summed E-state index contributed by atoms with van der Waals surface area (Å²) in [4.78, 5) is 24.7. The van der Waals surface area contributed by atoms with Crippen LogP contribution in [0.15, 0.2) is 47.4 Å². The topological polar surface area (TPSA) is 114 Å². The fraction of sp³-hybridized carbons (Fsp3) is 0.364. The predicted molar refractivity (Wildman–Crippen MR) is 118 cm³/mol. The van der Waals surface area contributed by atoms with Gasteiger partial charge in [0, 0.05) is 18.8 Å². The van der Waals surface area contributed by atoms with E-state index in [0.717, 1.165) is 0 Å². The van der Waals surface area contributed by atoms with Gasteiger partial charge in [0.15, 0.2) is 6.10 Å². The first-order valence-electron chi connectivity index (χ1n) is 10.3. The SMILES string of the molecule is COc1ccc(NC(=O)[C@@H]2CCCN(S(=O)(=O)c3ccc4c(c3)NC(=O)[C@@H](C)O4)C2)cc1. The third-order valence-electron chi connectivity index (χ3n) is 5.63. The van der Waals surface area contributed by atoms with Crippen LogP contribution in [0, 0.1) is 5.92 Å². The Morgan fingerprint density at radius 1 is 1.22 bits per heavy atom. The molecule has 0 spiro atoms. The molecule has 32 heavy (non-hydrogen) atoms. The van der Waals surface area contributed by atoms with Gasteiger partial charge in [-0.1, -0.05) is 0 Å². The molecule has 2 aliphatic rings. The zero-order valence-electron chi connectivity index (χ0n) is 17.8. The lowest BCUT2D eigenvalue weighted by Gasteiger charge is -2.31. The second kappa shape index (κ2) is 8.79. The number of hydrogen-bond donors (Lipinski definition) is 2. The van der Waals surface area contributed by atoms with Gasteiger partial charge in [0.25, 0.3) is 5.91 Å². The molecule has 2 aromatic carbocycles. The number of carbonyl (C=O) groups excluding carboxylic acids is 2. The minimum atomic E-state index is -3.84. The van der Waals surface area contributed by atoms with Gasteiger partial charge in [0.2, 0.25) is 15.9 Å². The van der Waals surface area contributed by atoms with Crippen molar-refractivity contribution in [3.8, 4) is 11.5 Å². The number of benzene rings is 2. The molecule has 4 rings (SSSR count). The maximum atomic E-state index is 13.2. The van der Waals surface area contributed by atoms with Crippen LogP contribution in [0.4, 0.5) is 11.4 Å². The zero-order chi connectivity index (χ0) is 22.9. The van der Waals surface area contributed by atoms with E-state index in [1.54, 1.807) is 38.3 Å². The van der Waals surface area contributed by atoms with Crippen molar-refractivity contribution in [3.63, 3.8) is 0 Å². The van der Waals surface area contributed by atoms with Gasteiger partial charge in [-0.25, -0.2) is 8.42 Å². The van der Waals surface area contributed by atoms with Crippen molar-refractivity contribution in [1.82, 2.24) is 4.31 Å². The standard InChI is InChI=1S/C22H25N3O6S/c1-14-21(26)24-19-12-18(9-10-20(19)31-14)32(28,29)25-11-3-4-15(13-25)22(27)23-16-5-7-17(30-2)8-6-16/h5-10,12,14-15H,3-4,11,13H2,1-2H3,(H,23,27)(H,24,26)/t14-,15-/m1/s1. The number of amides is 2. The van der Waals surface area contributed by atoms with E-state index in [4.69, 9.17) is 9.47 Å². The van der Waals surface area contributed by atoms with Gasteiger partial charge in [-0.3, -0.25) is 9.59 Å². The molecular weight excluding hydrogens is 434 g/mol. The van der Waals surface area contributed by atoms with Gasteiger partial charge in [-0.05, 0) is 62.2 Å². The molecule has 1 saturated heterocycles. The minimum absolute atomic E-state index is 0.0471. The molecule has 170 valence electrons. The Morgan fingerprint density at radius 3 is 2.69 bits per heavy atom. The molecule has 0 saturated carbocycles. The number of fused-ring (bicyclic) bond motifs is 1. The minimum Gasteiger partial charge on any atom is -0.497 e. The van der Waals surface area contributed by atoms with Crippen molar-refractivity contribution < 1.29 is 27.5 Å². The highest BCUT2D eigenvalue weighted by Crippen LogP contribution is 2.33. The summed E-state index contributed by atoms with van der Waals surface area (Å²) in [5, 5.41) is 5.51. The fourth-order valence-corrected chi connectivity index (χ4v) is 5.34. The van der Waals surface area contributed by atoms with Crippen LogP contribution in [0.1, 0.15) is 19.8 Å². The number of carbonyl (C=O) groups is 2. The molecule has 10 heteroatoms. The molecule has 0 aliphatic carbocycles. The Balaban J connectivity index is 1.48. The maximum absolute atomic E-state index is 13.2. The van der Waals surface area contributed by atoms with Gasteiger partial charge < -0.3 is 20.1 Å². The Morgan fingerprint density at radius 2 is 1.97 bits per heavy atom. The van der Waals surface area contributed by atoms with Gasteiger partial charge in [-0.2, -0.15) is 4.31 Å². The highest BCUT2D eigenvalue weighted by Gasteiger charge is 2.34. The van der Waals surface area contributed by atoms with Crippen molar-refractivity contribution in [2.24, 2.45) is 5.92 Å². The van der Waals surface area contributed by atoms with Crippen molar-refractivity contribution >= 4 is 33.2 Å². The third-order valence-corrected chi connectivity index (χ3v) is 7.49. The maximum Gasteiger partial charge on any atom is 0.265 e. The summed E-state index contributed by atoms with van der Waals surface area (Å²) < 4.78 is 38.4. The molecule has 2 amide bonds. The van der Waals surface area contributed by atoms with E-state index in [2.05, 4.69) is 10.6 Å². The number of nitrogens with zero attached hydrogens (tertiary/aromatic N) is 1. The van der Waals surface area contributed by atoms with Crippen molar-refractivity contribution in [3.05, 3.63) is 42.5 Å². The van der Waals surface area contributed by atoms with Crippen LogP contribution in [0.3, 0.4) is 0 Å². The first kappa shape index (κ1) is 22.1. The molecule has 0 aromatic heterocycles. The van der Waals surface area contributed by atoms with E-state index in [0.29, 0.717) is 42.3 Å². The second-order valence-electron chi connectivity index (χ2n) is 7.83. The van der Waals surface area contributed by atoms with Gasteiger partial charge in [0.1, 0.15) is 11.5 Å². The number of piperidine rings is 1. The normalized spacial score (nSPS) is 21.1. The van der Waals surface area contributed by atoms with Gasteiger partial charge in [0.05, 0.1) is 23.6 Å². The third kappa shape index (κ3) is 4.42. The smallest absolute Gasteiger partial charge is 0.265 e. The van der Waals surface area contributed by atoms with Crippen LogP contribution in [-0.2, 0) is 19.6 Å². The summed E-state index contributed by atoms with van der Waals surface area (Å²) in [6.07, 6.45) is 0.527. The van der Waals surface area contributed by atoms with Crippen molar-refractivity contribution in [2.45, 2.75) is 30.8 Å². The zero-order valence-corrected chi connectivity index (χ0v) is 18.6. The molecule has 0 bridgehead atoms. The molecule has 2 heterocycles. The Labute approximate surface area is 186 Å². The van der Waals surface area contributed by atoms with Crippen molar-refractivity contribution in [1.29, 1.82) is 0 Å². The number of anilines is 2. The van der Waals surface area contributed by atoms with E-state index >= 15 is 0 Å². The fourth-order valence-electron chi connectivity index (χ4n) is 3.79. The lowest BCUT2D eigenvalue weighted by molar-refractivity contribution is -0.123. The molecule has 2 atom stereocenters. The first-order chi connectivity index (χ1) is 15.3. The lowest BCUT2D eigenvalue weighted by Crippen LogP contribution is -2.43. The summed E-state index contributed by atoms with van der Waals surface area (Å²) in [5.74, 6) is 0.0723. The van der Waals surface area contributed by atoms with E-state index in [1.807, 2.05) is 0 Å². The highest BCUT2D eigenvalue weighted by atomic mass is 32.2. The van der Waals surface area contributed by atoms with Crippen molar-refractivity contribution in [2.75, 3.05) is 30.8 Å².